The number of fused-ring (bicyclic) bond motifs is 1. The fourth-order valence-electron chi connectivity index (χ4n) is 3.16. The van der Waals surface area contributed by atoms with E-state index in [2.05, 4.69) is 20.6 Å². The van der Waals surface area contributed by atoms with Gasteiger partial charge in [-0.3, -0.25) is 9.59 Å². The number of nitrogens with one attached hydrogen (secondary N) is 2. The molecule has 0 aliphatic rings. The number of nitrogens with zero attached hydrogens (tertiary/aromatic N) is 3. The third kappa shape index (κ3) is 7.11. The van der Waals surface area contributed by atoms with E-state index in [0.29, 0.717) is 37.0 Å². The summed E-state index contributed by atoms with van der Waals surface area (Å²) in [5.41, 5.74) is 8.77. The zero-order valence-electron chi connectivity index (χ0n) is 19.4. The van der Waals surface area contributed by atoms with Gasteiger partial charge >= 0.3 is 0 Å². The minimum absolute atomic E-state index is 0.0250. The minimum Gasteiger partial charge on any atom is -0.396 e. The highest BCUT2D eigenvalue weighted by Crippen LogP contribution is 2.22. The Bertz CT molecular complexity index is 958. The number of anilines is 1. The van der Waals surface area contributed by atoms with Crippen LogP contribution in [0.1, 0.15) is 49.2 Å². The Morgan fingerprint density at radius 2 is 2.06 bits per heavy atom. The molecule has 0 aliphatic heterocycles. The van der Waals surface area contributed by atoms with Crippen molar-refractivity contribution >= 4 is 29.0 Å². The van der Waals surface area contributed by atoms with Crippen molar-refractivity contribution in [3.8, 4) is 0 Å². The molecular formula is C22H36N6O4. The molecule has 1 aromatic carbocycles. The maximum Gasteiger partial charge on any atom is 0.273 e. The number of amides is 2. The molecule has 1 aromatic heterocycles. The van der Waals surface area contributed by atoms with Crippen LogP contribution in [0.4, 0.5) is 5.69 Å². The van der Waals surface area contributed by atoms with Gasteiger partial charge in [0.15, 0.2) is 11.2 Å². The monoisotopic (exact) mass is 448 g/mol. The molecule has 2 amide bonds. The van der Waals surface area contributed by atoms with Gasteiger partial charge < -0.3 is 31.1 Å². The first kappa shape index (κ1) is 27.2. The lowest BCUT2D eigenvalue weighted by molar-refractivity contribution is -0.107. The van der Waals surface area contributed by atoms with E-state index in [9.17, 15) is 14.7 Å². The number of nitrogens with two attached hydrogens (primary N) is 1. The van der Waals surface area contributed by atoms with Crippen LogP contribution in [0.2, 0.25) is 0 Å². The SMILES string of the molecule is CC.CNC(=O)c1nc2cc(C)c(NCCCN)cc2n(CC[C@H](O)CCO)c1=NC=O. The average Bonchev–Trinajstić information content (AvgIpc) is 2.79. The number of aryl methyl sites for hydroxylation is 2. The minimum atomic E-state index is -0.731. The zero-order chi connectivity index (χ0) is 24.1. The molecule has 2 aromatic rings. The number of aliphatic hydroxyl groups excluding tert-OH is 2. The van der Waals surface area contributed by atoms with Crippen molar-refractivity contribution in [2.75, 3.05) is 32.1 Å². The third-order valence-corrected chi connectivity index (χ3v) is 4.77. The van der Waals surface area contributed by atoms with Gasteiger partial charge in [-0.1, -0.05) is 13.8 Å². The summed E-state index contributed by atoms with van der Waals surface area (Å²) in [4.78, 5) is 31.9. The van der Waals surface area contributed by atoms with E-state index in [1.54, 1.807) is 4.57 Å². The van der Waals surface area contributed by atoms with Gasteiger partial charge in [0.2, 0.25) is 6.41 Å². The van der Waals surface area contributed by atoms with Gasteiger partial charge in [-0.2, -0.15) is 4.99 Å². The topological polar surface area (TPSA) is 155 Å². The van der Waals surface area contributed by atoms with Crippen molar-refractivity contribution in [3.63, 3.8) is 0 Å². The summed E-state index contributed by atoms with van der Waals surface area (Å²) in [6.07, 6.45) is 0.986. The highest BCUT2D eigenvalue weighted by atomic mass is 16.3. The molecule has 0 saturated carbocycles. The second-order valence-corrected chi connectivity index (χ2v) is 6.93. The molecule has 10 heteroatoms. The van der Waals surface area contributed by atoms with Crippen molar-refractivity contribution in [2.45, 2.75) is 52.7 Å². The van der Waals surface area contributed by atoms with Crippen molar-refractivity contribution in [2.24, 2.45) is 10.7 Å². The van der Waals surface area contributed by atoms with Crippen LogP contribution < -0.4 is 21.9 Å². The fraction of sp³-hybridized carbons (Fsp3) is 0.545. The van der Waals surface area contributed by atoms with E-state index in [1.165, 1.54) is 7.05 Å². The maximum absolute atomic E-state index is 12.4. The van der Waals surface area contributed by atoms with Crippen LogP contribution in [-0.4, -0.2) is 64.9 Å². The van der Waals surface area contributed by atoms with E-state index in [4.69, 9.17) is 10.8 Å². The molecule has 32 heavy (non-hydrogen) atoms. The van der Waals surface area contributed by atoms with Gasteiger partial charge in [0, 0.05) is 32.4 Å². The van der Waals surface area contributed by atoms with Crippen LogP contribution in [-0.2, 0) is 11.3 Å². The number of benzene rings is 1. The highest BCUT2D eigenvalue weighted by molar-refractivity contribution is 5.94. The van der Waals surface area contributed by atoms with Gasteiger partial charge in [0.25, 0.3) is 5.91 Å². The van der Waals surface area contributed by atoms with Crippen LogP contribution in [0.25, 0.3) is 11.0 Å². The highest BCUT2D eigenvalue weighted by Gasteiger charge is 2.17. The average molecular weight is 449 g/mol. The number of aromatic nitrogens is 2. The Morgan fingerprint density at radius 1 is 1.34 bits per heavy atom. The van der Waals surface area contributed by atoms with Gasteiger partial charge in [-0.15, -0.1) is 0 Å². The maximum atomic E-state index is 12.4. The first-order valence-electron chi connectivity index (χ1n) is 10.9. The molecule has 178 valence electrons. The van der Waals surface area contributed by atoms with Gasteiger partial charge in [0.1, 0.15) is 0 Å². The summed E-state index contributed by atoms with van der Waals surface area (Å²) in [6.45, 7) is 7.36. The molecule has 0 fully saturated rings. The van der Waals surface area contributed by atoms with Crippen LogP contribution in [0.15, 0.2) is 17.1 Å². The van der Waals surface area contributed by atoms with E-state index < -0.39 is 12.0 Å². The lowest BCUT2D eigenvalue weighted by atomic mass is 10.1. The van der Waals surface area contributed by atoms with E-state index >= 15 is 0 Å². The summed E-state index contributed by atoms with van der Waals surface area (Å²) in [5.74, 6) is -0.468. The quantitative estimate of drug-likeness (QED) is 0.250. The van der Waals surface area contributed by atoms with E-state index in [0.717, 1.165) is 17.7 Å². The predicted molar refractivity (Wildman–Crippen MR) is 125 cm³/mol. The Hall–Kier alpha value is -2.82. The number of aliphatic hydroxyl groups is 2. The molecule has 1 heterocycles. The fourth-order valence-corrected chi connectivity index (χ4v) is 3.16. The van der Waals surface area contributed by atoms with Gasteiger partial charge in [-0.05, 0) is 50.4 Å². The predicted octanol–water partition coefficient (Wildman–Crippen LogP) is 0.682. The van der Waals surface area contributed by atoms with Crippen molar-refractivity contribution in [1.82, 2.24) is 14.9 Å². The van der Waals surface area contributed by atoms with Crippen molar-refractivity contribution < 1.29 is 19.8 Å². The van der Waals surface area contributed by atoms with Crippen LogP contribution in [0.5, 0.6) is 0 Å². The molecule has 6 N–H and O–H groups in total. The summed E-state index contributed by atoms with van der Waals surface area (Å²) in [7, 11) is 1.48. The standard InChI is InChI=1S/C20H30N6O4.C2H6/c1-13-10-16-17(11-15(13)23-7-3-6-21)26(8-4-14(29)5-9-27)19(24-12-28)18(25-16)20(30)22-2;1-2/h10-12,14,23,27,29H,3-9,21H2,1-2H3,(H,22,30);1-2H3/t14-;/m0./s1. The lowest BCUT2D eigenvalue weighted by Crippen LogP contribution is -2.35. The van der Waals surface area contributed by atoms with Crippen LogP contribution in [0.3, 0.4) is 0 Å². The molecule has 0 radical (unpaired) electrons. The second-order valence-electron chi connectivity index (χ2n) is 6.93. The second kappa shape index (κ2) is 14.3. The van der Waals surface area contributed by atoms with Crippen LogP contribution >= 0.6 is 0 Å². The Kier molecular flexibility index (Phi) is 12.1. The lowest BCUT2D eigenvalue weighted by Gasteiger charge is -2.18. The summed E-state index contributed by atoms with van der Waals surface area (Å²) < 4.78 is 1.70. The number of rotatable bonds is 11. The van der Waals surface area contributed by atoms with Crippen molar-refractivity contribution in [1.29, 1.82) is 0 Å². The number of hydrogen-bond acceptors (Lipinski definition) is 7. The molecule has 0 unspecified atom stereocenters. The van der Waals surface area contributed by atoms with E-state index in [-0.39, 0.29) is 30.8 Å². The summed E-state index contributed by atoms with van der Waals surface area (Å²) in [6, 6.07) is 3.75. The number of carbonyl (C=O) groups excluding carboxylic acids is 2. The van der Waals surface area contributed by atoms with E-state index in [1.807, 2.05) is 32.9 Å². The Balaban J connectivity index is 0.00000249. The molecule has 1 atom stereocenters. The molecule has 0 bridgehead atoms. The largest absolute Gasteiger partial charge is 0.396 e. The molecule has 0 aliphatic carbocycles. The Labute approximate surface area is 188 Å². The molecule has 10 nitrogen and oxygen atoms in total. The summed E-state index contributed by atoms with van der Waals surface area (Å²) >= 11 is 0. The molecule has 0 spiro atoms. The third-order valence-electron chi connectivity index (χ3n) is 4.77. The first-order chi connectivity index (χ1) is 15.5. The first-order valence-corrected chi connectivity index (χ1v) is 10.9. The normalized spacial score (nSPS) is 12.2. The Morgan fingerprint density at radius 3 is 2.66 bits per heavy atom. The summed E-state index contributed by atoms with van der Waals surface area (Å²) in [5, 5.41) is 25.0. The molecule has 2 rings (SSSR count). The molecular weight excluding hydrogens is 412 g/mol. The van der Waals surface area contributed by atoms with Crippen LogP contribution in [0, 0.1) is 6.92 Å². The van der Waals surface area contributed by atoms with Crippen molar-refractivity contribution in [3.05, 3.63) is 28.9 Å². The van der Waals surface area contributed by atoms with Gasteiger partial charge in [-0.25, -0.2) is 4.98 Å². The zero-order valence-corrected chi connectivity index (χ0v) is 19.4. The number of hydrogen-bond donors (Lipinski definition) is 5. The number of carbonyl (C=O) groups is 2. The van der Waals surface area contributed by atoms with Gasteiger partial charge in [0.05, 0.1) is 17.1 Å². The smallest absolute Gasteiger partial charge is 0.273 e. The molecule has 0 saturated heterocycles.